The first-order chi connectivity index (χ1) is 9.91. The quantitative estimate of drug-likeness (QED) is 0.813. The lowest BCUT2D eigenvalue weighted by Gasteiger charge is -2.16. The second kappa shape index (κ2) is 5.18. The molecular weight excluding hydrogens is 312 g/mol. The van der Waals surface area contributed by atoms with Gasteiger partial charge in [-0.3, -0.25) is 0 Å². The maximum atomic E-state index is 11.8. The third-order valence-electron chi connectivity index (χ3n) is 3.85. The Balaban J connectivity index is 2.17. The van der Waals surface area contributed by atoms with Crippen LogP contribution in [0.3, 0.4) is 0 Å². The van der Waals surface area contributed by atoms with Gasteiger partial charge < -0.3 is 9.30 Å². The van der Waals surface area contributed by atoms with E-state index in [1.807, 2.05) is 29.7 Å². The summed E-state index contributed by atoms with van der Waals surface area (Å²) < 4.78 is 30.7. The van der Waals surface area contributed by atoms with Crippen LogP contribution < -0.4 is 4.74 Å². The topological polar surface area (TPSA) is 61.2 Å². The van der Waals surface area contributed by atoms with Crippen LogP contribution in [0.5, 0.6) is 5.75 Å². The zero-order chi connectivity index (χ0) is 15.2. The molecule has 0 amide bonds. The second-order valence-corrected chi connectivity index (χ2v) is 8.25. The van der Waals surface area contributed by atoms with Crippen molar-refractivity contribution in [1.29, 1.82) is 0 Å². The van der Waals surface area contributed by atoms with Gasteiger partial charge in [0.05, 0.1) is 41.1 Å². The lowest BCUT2D eigenvalue weighted by Crippen LogP contribution is -2.14. The van der Waals surface area contributed by atoms with Crippen molar-refractivity contribution in [2.24, 2.45) is 0 Å². The molecule has 0 spiro atoms. The smallest absolute Gasteiger partial charge is 0.152 e. The van der Waals surface area contributed by atoms with Crippen LogP contribution in [0.1, 0.15) is 30.6 Å². The SMILES string of the molecule is COc1ccc2c(c1)nc(C(C)Cl)n2C1CCS(=O)(=O)C1. The number of imidazole rings is 1. The highest BCUT2D eigenvalue weighted by Crippen LogP contribution is 2.34. The van der Waals surface area contributed by atoms with Gasteiger partial charge in [0, 0.05) is 6.07 Å². The van der Waals surface area contributed by atoms with Crippen LogP contribution in [-0.2, 0) is 9.84 Å². The number of alkyl halides is 1. The number of aromatic nitrogens is 2. The third kappa shape index (κ3) is 2.62. The summed E-state index contributed by atoms with van der Waals surface area (Å²) >= 11 is 6.24. The second-order valence-electron chi connectivity index (χ2n) is 5.37. The molecule has 1 aliphatic rings. The molecule has 2 atom stereocenters. The van der Waals surface area contributed by atoms with Crippen LogP contribution in [0, 0.1) is 0 Å². The molecule has 3 rings (SSSR count). The number of fused-ring (bicyclic) bond motifs is 1. The van der Waals surface area contributed by atoms with Gasteiger partial charge in [0.25, 0.3) is 0 Å². The molecule has 7 heteroatoms. The maximum Gasteiger partial charge on any atom is 0.152 e. The first-order valence-corrected chi connectivity index (χ1v) is 9.07. The van der Waals surface area contributed by atoms with E-state index >= 15 is 0 Å². The lowest BCUT2D eigenvalue weighted by molar-refractivity contribution is 0.415. The van der Waals surface area contributed by atoms with Gasteiger partial charge in [0.15, 0.2) is 9.84 Å². The molecule has 0 saturated carbocycles. The number of halogens is 1. The van der Waals surface area contributed by atoms with Crippen molar-refractivity contribution in [3.63, 3.8) is 0 Å². The van der Waals surface area contributed by atoms with Gasteiger partial charge in [0.1, 0.15) is 11.6 Å². The van der Waals surface area contributed by atoms with Crippen molar-refractivity contribution in [1.82, 2.24) is 9.55 Å². The summed E-state index contributed by atoms with van der Waals surface area (Å²) in [6.07, 6.45) is 0.608. The highest BCUT2D eigenvalue weighted by molar-refractivity contribution is 7.91. The Labute approximate surface area is 128 Å². The molecule has 21 heavy (non-hydrogen) atoms. The summed E-state index contributed by atoms with van der Waals surface area (Å²) in [5, 5.41) is -0.285. The zero-order valence-electron chi connectivity index (χ0n) is 11.9. The summed E-state index contributed by atoms with van der Waals surface area (Å²) in [6.45, 7) is 1.85. The number of benzene rings is 1. The molecule has 2 aromatic rings. The Morgan fingerprint density at radius 3 is 2.81 bits per heavy atom. The Hall–Kier alpha value is -1.27. The Morgan fingerprint density at radius 2 is 2.24 bits per heavy atom. The van der Waals surface area contributed by atoms with Gasteiger partial charge >= 0.3 is 0 Å². The predicted octanol–water partition coefficient (Wildman–Crippen LogP) is 2.70. The molecule has 2 unspecified atom stereocenters. The lowest BCUT2D eigenvalue weighted by atomic mass is 10.2. The van der Waals surface area contributed by atoms with E-state index in [0.717, 1.165) is 16.8 Å². The van der Waals surface area contributed by atoms with Crippen LogP contribution >= 0.6 is 11.6 Å². The summed E-state index contributed by atoms with van der Waals surface area (Å²) in [5.41, 5.74) is 1.68. The molecule has 1 saturated heterocycles. The minimum Gasteiger partial charge on any atom is -0.497 e. The zero-order valence-corrected chi connectivity index (χ0v) is 13.5. The van der Waals surface area contributed by atoms with E-state index in [-0.39, 0.29) is 22.9 Å². The van der Waals surface area contributed by atoms with Crippen LogP contribution in [0.4, 0.5) is 0 Å². The van der Waals surface area contributed by atoms with Gasteiger partial charge in [-0.25, -0.2) is 13.4 Å². The van der Waals surface area contributed by atoms with Gasteiger partial charge in [-0.05, 0) is 25.5 Å². The van der Waals surface area contributed by atoms with Crippen molar-refractivity contribution in [2.75, 3.05) is 18.6 Å². The number of sulfone groups is 1. The van der Waals surface area contributed by atoms with E-state index in [4.69, 9.17) is 16.3 Å². The monoisotopic (exact) mass is 328 g/mol. The van der Waals surface area contributed by atoms with Crippen molar-refractivity contribution in [3.8, 4) is 5.75 Å². The number of nitrogens with zero attached hydrogens (tertiary/aromatic N) is 2. The van der Waals surface area contributed by atoms with E-state index in [2.05, 4.69) is 4.98 Å². The molecular formula is C14H17ClN2O3S. The van der Waals surface area contributed by atoms with Crippen molar-refractivity contribution in [3.05, 3.63) is 24.0 Å². The normalized spacial score (nSPS) is 22.5. The fourth-order valence-electron chi connectivity index (χ4n) is 2.87. The van der Waals surface area contributed by atoms with Crippen molar-refractivity contribution >= 4 is 32.5 Å². The standard InChI is InChI=1S/C14H17ClN2O3S/c1-9(15)14-16-12-7-11(20-2)3-4-13(12)17(14)10-5-6-21(18,19)8-10/h3-4,7,9-10H,5-6,8H2,1-2H3. The van der Waals surface area contributed by atoms with Crippen LogP contribution in [0.2, 0.25) is 0 Å². The molecule has 1 aromatic heterocycles. The number of methoxy groups -OCH3 is 1. The Kier molecular flexibility index (Phi) is 3.61. The average molecular weight is 329 g/mol. The number of hydrogen-bond acceptors (Lipinski definition) is 4. The maximum absolute atomic E-state index is 11.8. The molecule has 2 heterocycles. The molecule has 5 nitrogen and oxygen atoms in total. The Bertz CT molecular complexity index is 783. The summed E-state index contributed by atoms with van der Waals surface area (Å²) in [7, 11) is -1.36. The summed E-state index contributed by atoms with van der Waals surface area (Å²) in [4.78, 5) is 4.57. The molecule has 1 aliphatic heterocycles. The van der Waals surface area contributed by atoms with Crippen molar-refractivity contribution < 1.29 is 13.2 Å². The Morgan fingerprint density at radius 1 is 1.48 bits per heavy atom. The fraction of sp³-hybridized carbons (Fsp3) is 0.500. The predicted molar refractivity (Wildman–Crippen MR) is 82.9 cm³/mol. The number of ether oxygens (including phenoxy) is 1. The van der Waals surface area contributed by atoms with Gasteiger partial charge in [-0.1, -0.05) is 0 Å². The van der Waals surface area contributed by atoms with Gasteiger partial charge in [0.2, 0.25) is 0 Å². The van der Waals surface area contributed by atoms with E-state index in [1.54, 1.807) is 7.11 Å². The third-order valence-corrected chi connectivity index (χ3v) is 5.80. The van der Waals surface area contributed by atoms with E-state index < -0.39 is 9.84 Å². The largest absolute Gasteiger partial charge is 0.497 e. The summed E-state index contributed by atoms with van der Waals surface area (Å²) in [6, 6.07) is 5.52. The van der Waals surface area contributed by atoms with Crippen LogP contribution in [0.25, 0.3) is 11.0 Å². The van der Waals surface area contributed by atoms with Gasteiger partial charge in [-0.15, -0.1) is 11.6 Å². The molecule has 1 fully saturated rings. The first kappa shape index (κ1) is 14.7. The van der Waals surface area contributed by atoms with E-state index in [0.29, 0.717) is 12.2 Å². The molecule has 0 radical (unpaired) electrons. The van der Waals surface area contributed by atoms with Gasteiger partial charge in [-0.2, -0.15) is 0 Å². The fourth-order valence-corrected chi connectivity index (χ4v) is 4.72. The molecule has 0 bridgehead atoms. The van der Waals surface area contributed by atoms with E-state index in [1.165, 1.54) is 0 Å². The number of hydrogen-bond donors (Lipinski definition) is 0. The first-order valence-electron chi connectivity index (χ1n) is 6.81. The number of rotatable bonds is 3. The molecule has 0 N–H and O–H groups in total. The molecule has 114 valence electrons. The average Bonchev–Trinajstić information content (AvgIpc) is 2.97. The van der Waals surface area contributed by atoms with Crippen LogP contribution in [-0.4, -0.2) is 36.6 Å². The highest BCUT2D eigenvalue weighted by atomic mass is 35.5. The van der Waals surface area contributed by atoms with E-state index in [9.17, 15) is 8.42 Å². The summed E-state index contributed by atoms with van der Waals surface area (Å²) in [5.74, 6) is 1.81. The minimum absolute atomic E-state index is 0.0930. The molecule has 0 aliphatic carbocycles. The molecule has 1 aromatic carbocycles. The van der Waals surface area contributed by atoms with Crippen LogP contribution in [0.15, 0.2) is 18.2 Å². The van der Waals surface area contributed by atoms with Crippen molar-refractivity contribution in [2.45, 2.75) is 24.8 Å². The highest BCUT2D eigenvalue weighted by Gasteiger charge is 2.32. The minimum atomic E-state index is -2.96.